The van der Waals surface area contributed by atoms with Crippen molar-refractivity contribution >= 4 is 27.5 Å². The van der Waals surface area contributed by atoms with Crippen LogP contribution < -0.4 is 4.90 Å². The number of hydrogen-bond donors (Lipinski definition) is 1. The van der Waals surface area contributed by atoms with Crippen LogP contribution in [0.15, 0.2) is 59.1 Å². The Labute approximate surface area is 143 Å². The summed E-state index contributed by atoms with van der Waals surface area (Å²) in [4.78, 5) is 14.2. The molecule has 116 valence electrons. The molecule has 4 nitrogen and oxygen atoms in total. The highest BCUT2D eigenvalue weighted by Gasteiger charge is 2.16. The van der Waals surface area contributed by atoms with Crippen LogP contribution in [-0.2, 0) is 0 Å². The second-order valence-corrected chi connectivity index (χ2v) is 6.29. The fourth-order valence-corrected chi connectivity index (χ4v) is 2.60. The van der Waals surface area contributed by atoms with Crippen molar-refractivity contribution < 1.29 is 4.79 Å². The van der Waals surface area contributed by atoms with Crippen molar-refractivity contribution in [3.63, 3.8) is 0 Å². The van der Waals surface area contributed by atoms with E-state index in [0.29, 0.717) is 5.69 Å². The predicted octanol–water partition coefficient (Wildman–Crippen LogP) is 4.42. The topological polar surface area (TPSA) is 49.0 Å². The molecule has 2 aromatic carbocycles. The smallest absolute Gasteiger partial charge is 0.276 e. The zero-order chi connectivity index (χ0) is 16.4. The van der Waals surface area contributed by atoms with Gasteiger partial charge < -0.3 is 4.90 Å². The summed E-state index contributed by atoms with van der Waals surface area (Å²) in [5.41, 5.74) is 4.14. The van der Waals surface area contributed by atoms with Crippen molar-refractivity contribution in [2.45, 2.75) is 6.92 Å². The van der Waals surface area contributed by atoms with Gasteiger partial charge in [-0.15, -0.1) is 0 Å². The highest BCUT2D eigenvalue weighted by molar-refractivity contribution is 9.10. The lowest BCUT2D eigenvalue weighted by atomic mass is 10.1. The van der Waals surface area contributed by atoms with Crippen LogP contribution in [0.25, 0.3) is 11.3 Å². The van der Waals surface area contributed by atoms with E-state index in [2.05, 4.69) is 26.1 Å². The summed E-state index contributed by atoms with van der Waals surface area (Å²) in [5, 5.41) is 7.07. The number of aromatic nitrogens is 2. The minimum atomic E-state index is -0.119. The van der Waals surface area contributed by atoms with E-state index in [1.807, 2.05) is 55.5 Å². The van der Waals surface area contributed by atoms with Crippen LogP contribution in [0.1, 0.15) is 16.1 Å². The van der Waals surface area contributed by atoms with E-state index >= 15 is 0 Å². The number of nitrogens with one attached hydrogen (secondary N) is 1. The molecule has 0 saturated heterocycles. The molecule has 0 atom stereocenters. The first kappa shape index (κ1) is 15.5. The van der Waals surface area contributed by atoms with Crippen molar-refractivity contribution in [2.24, 2.45) is 0 Å². The molecule has 3 aromatic rings. The number of rotatable bonds is 3. The van der Waals surface area contributed by atoms with Gasteiger partial charge in [0.05, 0.1) is 5.69 Å². The van der Waals surface area contributed by atoms with Crippen LogP contribution in [0.3, 0.4) is 0 Å². The average molecular weight is 370 g/mol. The summed E-state index contributed by atoms with van der Waals surface area (Å²) in [6, 6.07) is 17.4. The first-order chi connectivity index (χ1) is 11.0. The predicted molar refractivity (Wildman–Crippen MR) is 95.6 cm³/mol. The third-order valence-electron chi connectivity index (χ3n) is 3.64. The second-order valence-electron chi connectivity index (χ2n) is 5.38. The Kier molecular flexibility index (Phi) is 4.30. The van der Waals surface area contributed by atoms with Crippen LogP contribution in [-0.4, -0.2) is 23.2 Å². The number of amides is 1. The van der Waals surface area contributed by atoms with Gasteiger partial charge in [0, 0.05) is 22.8 Å². The molecular formula is C18H16BrN3O. The molecule has 3 rings (SSSR count). The van der Waals surface area contributed by atoms with Crippen molar-refractivity contribution in [3.05, 3.63) is 70.3 Å². The number of nitrogens with zero attached hydrogens (tertiary/aromatic N) is 2. The fourth-order valence-electron chi connectivity index (χ4n) is 2.33. The monoisotopic (exact) mass is 369 g/mol. The third-order valence-corrected chi connectivity index (χ3v) is 4.17. The Balaban J connectivity index is 1.84. The molecule has 0 aliphatic carbocycles. The molecule has 0 fully saturated rings. The minimum Gasteiger partial charge on any atom is -0.310 e. The zero-order valence-electron chi connectivity index (χ0n) is 12.9. The van der Waals surface area contributed by atoms with Crippen LogP contribution in [0.4, 0.5) is 5.69 Å². The minimum absolute atomic E-state index is 0.119. The van der Waals surface area contributed by atoms with Crippen LogP contribution in [0, 0.1) is 6.92 Å². The number of hydrogen-bond acceptors (Lipinski definition) is 2. The molecule has 1 heterocycles. The van der Waals surface area contributed by atoms with Gasteiger partial charge in [-0.05, 0) is 42.8 Å². The molecule has 0 radical (unpaired) electrons. The van der Waals surface area contributed by atoms with E-state index in [9.17, 15) is 4.79 Å². The first-order valence-corrected chi connectivity index (χ1v) is 8.00. The molecule has 1 amide bonds. The molecule has 0 unspecified atom stereocenters. The van der Waals surface area contributed by atoms with E-state index < -0.39 is 0 Å². The lowest BCUT2D eigenvalue weighted by molar-refractivity contribution is 0.0988. The van der Waals surface area contributed by atoms with Gasteiger partial charge in [-0.1, -0.05) is 40.2 Å². The van der Waals surface area contributed by atoms with Gasteiger partial charge in [-0.3, -0.25) is 9.89 Å². The van der Waals surface area contributed by atoms with Gasteiger partial charge in [0.1, 0.15) is 5.69 Å². The molecule has 1 aromatic heterocycles. The van der Waals surface area contributed by atoms with Crippen molar-refractivity contribution in [1.29, 1.82) is 0 Å². The largest absolute Gasteiger partial charge is 0.310 e. The Bertz CT molecular complexity index is 839. The lowest BCUT2D eigenvalue weighted by Gasteiger charge is -2.16. The van der Waals surface area contributed by atoms with Crippen molar-refractivity contribution in [2.75, 3.05) is 11.9 Å². The van der Waals surface area contributed by atoms with Gasteiger partial charge in [0.2, 0.25) is 0 Å². The fraction of sp³-hybridized carbons (Fsp3) is 0.111. The average Bonchev–Trinajstić information content (AvgIpc) is 3.04. The molecule has 1 N–H and O–H groups in total. The highest BCUT2D eigenvalue weighted by atomic mass is 79.9. The number of aryl methyl sites for hydroxylation is 1. The Morgan fingerprint density at radius 3 is 2.57 bits per heavy atom. The summed E-state index contributed by atoms with van der Waals surface area (Å²) < 4.78 is 1.01. The highest BCUT2D eigenvalue weighted by Crippen LogP contribution is 2.22. The Hall–Kier alpha value is -2.40. The van der Waals surface area contributed by atoms with E-state index in [4.69, 9.17) is 0 Å². The summed E-state index contributed by atoms with van der Waals surface area (Å²) in [6.07, 6.45) is 0. The lowest BCUT2D eigenvalue weighted by Crippen LogP contribution is -2.26. The standard InChI is InChI=1S/C18H16BrN3O/c1-12-4-3-5-15(10-12)22(2)18(23)17-11-16(20-21-17)13-6-8-14(19)9-7-13/h3-11H,1-2H3,(H,20,21). The van der Waals surface area contributed by atoms with Gasteiger partial charge in [-0.2, -0.15) is 5.10 Å². The Morgan fingerprint density at radius 1 is 1.13 bits per heavy atom. The molecule has 0 aliphatic heterocycles. The van der Waals surface area contributed by atoms with E-state index in [1.54, 1.807) is 18.0 Å². The number of halogens is 1. The van der Waals surface area contributed by atoms with E-state index in [-0.39, 0.29) is 5.91 Å². The number of H-pyrrole nitrogens is 1. The number of carbonyl (C=O) groups excluding carboxylic acids is 1. The van der Waals surface area contributed by atoms with Gasteiger partial charge in [0.15, 0.2) is 0 Å². The SMILES string of the molecule is Cc1cccc(N(C)C(=O)c2cc(-c3ccc(Br)cc3)n[nH]2)c1. The van der Waals surface area contributed by atoms with E-state index in [0.717, 1.165) is 27.0 Å². The summed E-state index contributed by atoms with van der Waals surface area (Å²) in [5.74, 6) is -0.119. The number of benzene rings is 2. The van der Waals surface area contributed by atoms with Crippen LogP contribution >= 0.6 is 15.9 Å². The molecule has 5 heteroatoms. The van der Waals surface area contributed by atoms with Gasteiger partial charge in [0.25, 0.3) is 5.91 Å². The molecular weight excluding hydrogens is 354 g/mol. The van der Waals surface area contributed by atoms with Crippen molar-refractivity contribution in [3.8, 4) is 11.3 Å². The molecule has 23 heavy (non-hydrogen) atoms. The van der Waals surface area contributed by atoms with Crippen LogP contribution in [0.5, 0.6) is 0 Å². The second kappa shape index (κ2) is 6.38. The maximum Gasteiger partial charge on any atom is 0.276 e. The van der Waals surface area contributed by atoms with E-state index in [1.165, 1.54) is 0 Å². The molecule has 0 saturated carbocycles. The summed E-state index contributed by atoms with van der Waals surface area (Å²) in [6.45, 7) is 2.00. The number of aromatic amines is 1. The van der Waals surface area contributed by atoms with Gasteiger partial charge in [-0.25, -0.2) is 0 Å². The maximum atomic E-state index is 12.6. The summed E-state index contributed by atoms with van der Waals surface area (Å²) in [7, 11) is 1.76. The zero-order valence-corrected chi connectivity index (χ0v) is 14.5. The van der Waals surface area contributed by atoms with Crippen LogP contribution in [0.2, 0.25) is 0 Å². The number of carbonyl (C=O) groups is 1. The van der Waals surface area contributed by atoms with Crippen molar-refractivity contribution in [1.82, 2.24) is 10.2 Å². The maximum absolute atomic E-state index is 12.6. The van der Waals surface area contributed by atoms with Gasteiger partial charge >= 0.3 is 0 Å². The third kappa shape index (κ3) is 3.35. The quantitative estimate of drug-likeness (QED) is 0.742. The normalized spacial score (nSPS) is 10.6. The molecule has 0 bridgehead atoms. The summed E-state index contributed by atoms with van der Waals surface area (Å²) >= 11 is 3.41. The Morgan fingerprint density at radius 2 is 1.87 bits per heavy atom. The number of anilines is 1. The first-order valence-electron chi connectivity index (χ1n) is 7.20. The molecule has 0 spiro atoms. The molecule has 0 aliphatic rings.